The highest BCUT2D eigenvalue weighted by Crippen LogP contribution is 2.27. The largest absolute Gasteiger partial charge is 0.465 e. The van der Waals surface area contributed by atoms with Gasteiger partial charge in [-0.05, 0) is 48.9 Å². The summed E-state index contributed by atoms with van der Waals surface area (Å²) < 4.78 is 32.9. The maximum Gasteiger partial charge on any atom is 0.337 e. The highest BCUT2D eigenvalue weighted by atomic mass is 79.9. The van der Waals surface area contributed by atoms with Gasteiger partial charge in [-0.2, -0.15) is 0 Å². The van der Waals surface area contributed by atoms with Crippen LogP contribution in [-0.4, -0.2) is 21.5 Å². The predicted molar refractivity (Wildman–Crippen MR) is 92.5 cm³/mol. The molecule has 0 bridgehead atoms. The second-order valence-corrected chi connectivity index (χ2v) is 7.68. The number of sulfonamides is 1. The summed E-state index contributed by atoms with van der Waals surface area (Å²) in [4.78, 5) is 11.3. The van der Waals surface area contributed by atoms with Gasteiger partial charge >= 0.3 is 5.97 Å². The van der Waals surface area contributed by atoms with Gasteiger partial charge in [0.05, 0.1) is 23.4 Å². The van der Waals surface area contributed by atoms with Crippen molar-refractivity contribution in [3.05, 3.63) is 57.0 Å². The third kappa shape index (κ3) is 4.04. The number of hydrogen-bond acceptors (Lipinski definition) is 4. The number of ether oxygens (including phenoxy) is 1. The van der Waals surface area contributed by atoms with Crippen LogP contribution in [0.15, 0.2) is 45.8 Å². The lowest BCUT2D eigenvalue weighted by atomic mass is 10.2. The van der Waals surface area contributed by atoms with Gasteiger partial charge in [-0.25, -0.2) is 13.2 Å². The van der Waals surface area contributed by atoms with Crippen LogP contribution < -0.4 is 4.72 Å². The lowest BCUT2D eigenvalue weighted by Crippen LogP contribution is -2.14. The molecule has 0 atom stereocenters. The van der Waals surface area contributed by atoms with Crippen LogP contribution in [0.3, 0.4) is 0 Å². The van der Waals surface area contributed by atoms with Crippen LogP contribution in [-0.2, 0) is 14.8 Å². The van der Waals surface area contributed by atoms with Gasteiger partial charge < -0.3 is 4.74 Å². The Morgan fingerprint density at radius 3 is 2.48 bits per heavy atom. The Balaban J connectivity index is 2.38. The molecule has 0 aromatic heterocycles. The minimum atomic E-state index is -3.88. The number of carbonyl (C=O) groups excluding carboxylic acids is 1. The fourth-order valence-electron chi connectivity index (χ4n) is 1.90. The number of anilines is 1. The van der Waals surface area contributed by atoms with E-state index in [0.29, 0.717) is 5.69 Å². The average Bonchev–Trinajstić information content (AvgIpc) is 2.48. The van der Waals surface area contributed by atoms with Crippen LogP contribution in [0.5, 0.6) is 0 Å². The summed E-state index contributed by atoms with van der Waals surface area (Å²) in [5, 5.41) is -0.0600. The van der Waals surface area contributed by atoms with Crippen LogP contribution in [0.4, 0.5) is 5.69 Å². The van der Waals surface area contributed by atoms with E-state index in [1.54, 1.807) is 25.1 Å². The first-order valence-corrected chi connectivity index (χ1v) is 9.07. The molecule has 0 radical (unpaired) electrons. The van der Waals surface area contributed by atoms with Gasteiger partial charge in [-0.1, -0.05) is 27.5 Å². The Morgan fingerprint density at radius 2 is 1.91 bits per heavy atom. The van der Waals surface area contributed by atoms with E-state index in [4.69, 9.17) is 11.6 Å². The summed E-state index contributed by atoms with van der Waals surface area (Å²) in [6.45, 7) is 1.78. The van der Waals surface area contributed by atoms with Crippen molar-refractivity contribution in [3.8, 4) is 0 Å². The summed E-state index contributed by atoms with van der Waals surface area (Å²) in [6.07, 6.45) is 0. The van der Waals surface area contributed by atoms with Crippen molar-refractivity contribution < 1.29 is 17.9 Å². The lowest BCUT2D eigenvalue weighted by Gasteiger charge is -2.12. The zero-order chi connectivity index (χ0) is 17.2. The molecule has 0 aliphatic carbocycles. The molecule has 2 rings (SSSR count). The second kappa shape index (κ2) is 6.90. The molecule has 0 spiro atoms. The molecule has 0 aliphatic heterocycles. The average molecular weight is 419 g/mol. The zero-order valence-corrected chi connectivity index (χ0v) is 15.4. The molecule has 122 valence electrons. The van der Waals surface area contributed by atoms with Crippen LogP contribution >= 0.6 is 27.5 Å². The summed E-state index contributed by atoms with van der Waals surface area (Å²) >= 11 is 9.33. The Hall–Kier alpha value is -1.57. The number of rotatable bonds is 4. The highest BCUT2D eigenvalue weighted by Gasteiger charge is 2.20. The number of benzene rings is 2. The van der Waals surface area contributed by atoms with Gasteiger partial charge in [-0.15, -0.1) is 0 Å². The number of carbonyl (C=O) groups is 1. The molecule has 0 saturated carbocycles. The van der Waals surface area contributed by atoms with E-state index in [-0.39, 0.29) is 15.5 Å². The normalized spacial score (nSPS) is 11.1. The molecule has 2 aromatic rings. The van der Waals surface area contributed by atoms with Crippen molar-refractivity contribution in [2.24, 2.45) is 0 Å². The molecule has 0 fully saturated rings. The molecule has 5 nitrogen and oxygen atoms in total. The predicted octanol–water partition coefficient (Wildman–Crippen LogP) is 4.00. The maximum absolute atomic E-state index is 12.5. The number of esters is 1. The fourth-order valence-corrected chi connectivity index (χ4v) is 4.06. The van der Waals surface area contributed by atoms with Crippen LogP contribution in [0.25, 0.3) is 0 Å². The van der Waals surface area contributed by atoms with E-state index >= 15 is 0 Å². The number of aryl methyl sites for hydroxylation is 1. The Bertz CT molecular complexity index is 868. The molecular weight excluding hydrogens is 406 g/mol. The Morgan fingerprint density at radius 1 is 1.22 bits per heavy atom. The molecule has 8 heteroatoms. The summed E-state index contributed by atoms with van der Waals surface area (Å²) in [5.41, 5.74) is 1.38. The monoisotopic (exact) mass is 417 g/mol. The van der Waals surface area contributed by atoms with E-state index in [9.17, 15) is 13.2 Å². The molecule has 0 aliphatic rings. The first kappa shape index (κ1) is 17.8. The third-order valence-electron chi connectivity index (χ3n) is 3.08. The highest BCUT2D eigenvalue weighted by molar-refractivity contribution is 9.10. The molecule has 23 heavy (non-hydrogen) atoms. The van der Waals surface area contributed by atoms with E-state index in [1.165, 1.54) is 25.3 Å². The Labute approximate surface area is 147 Å². The van der Waals surface area contributed by atoms with Gasteiger partial charge in [0, 0.05) is 4.47 Å². The number of methoxy groups -OCH3 is 1. The van der Waals surface area contributed by atoms with Crippen molar-refractivity contribution in [3.63, 3.8) is 0 Å². The van der Waals surface area contributed by atoms with Gasteiger partial charge in [0.25, 0.3) is 10.0 Å². The molecule has 0 amide bonds. The summed E-state index contributed by atoms with van der Waals surface area (Å²) in [6, 6.07) is 9.04. The van der Waals surface area contributed by atoms with Crippen molar-refractivity contribution in [2.75, 3.05) is 11.8 Å². The molecule has 0 unspecified atom stereocenters. The lowest BCUT2D eigenvalue weighted by molar-refractivity contribution is 0.0600. The number of hydrogen-bond donors (Lipinski definition) is 1. The van der Waals surface area contributed by atoms with E-state index < -0.39 is 16.0 Å². The number of halogens is 2. The topological polar surface area (TPSA) is 72.5 Å². The summed E-state index contributed by atoms with van der Waals surface area (Å²) in [5.74, 6) is -0.590. The van der Waals surface area contributed by atoms with Gasteiger partial charge in [0.1, 0.15) is 4.90 Å². The smallest absolute Gasteiger partial charge is 0.337 e. The van der Waals surface area contributed by atoms with Crippen molar-refractivity contribution in [1.29, 1.82) is 0 Å². The number of nitrogens with one attached hydrogen (secondary N) is 1. The minimum absolute atomic E-state index is 0.0600. The zero-order valence-electron chi connectivity index (χ0n) is 12.3. The van der Waals surface area contributed by atoms with E-state index in [2.05, 4.69) is 25.4 Å². The molecular formula is C15H13BrClNO4S. The molecule has 2 aromatic carbocycles. The second-order valence-electron chi connectivity index (χ2n) is 4.70. The SMILES string of the molecule is COC(=O)c1ccc(S(=O)(=O)Nc2ccc(Br)cc2C)c(Cl)c1. The maximum atomic E-state index is 12.5. The first-order chi connectivity index (χ1) is 10.7. The quantitative estimate of drug-likeness (QED) is 0.762. The fraction of sp³-hybridized carbons (Fsp3) is 0.133. The van der Waals surface area contributed by atoms with Gasteiger partial charge in [0.2, 0.25) is 0 Å². The minimum Gasteiger partial charge on any atom is -0.465 e. The van der Waals surface area contributed by atoms with E-state index in [0.717, 1.165) is 10.0 Å². The molecule has 0 saturated heterocycles. The van der Waals surface area contributed by atoms with Gasteiger partial charge in [-0.3, -0.25) is 4.72 Å². The van der Waals surface area contributed by atoms with Crippen LogP contribution in [0.1, 0.15) is 15.9 Å². The molecule has 1 N–H and O–H groups in total. The van der Waals surface area contributed by atoms with Gasteiger partial charge in [0.15, 0.2) is 0 Å². The van der Waals surface area contributed by atoms with Crippen molar-refractivity contribution in [2.45, 2.75) is 11.8 Å². The van der Waals surface area contributed by atoms with Crippen molar-refractivity contribution >= 4 is 49.2 Å². The van der Waals surface area contributed by atoms with E-state index in [1.807, 2.05) is 0 Å². The first-order valence-electron chi connectivity index (χ1n) is 6.41. The standard InChI is InChI=1S/C15H13BrClNO4S/c1-9-7-11(16)4-5-13(9)18-23(20,21)14-6-3-10(8-12(14)17)15(19)22-2/h3-8,18H,1-2H3. The molecule has 0 heterocycles. The Kier molecular flexibility index (Phi) is 5.33. The summed E-state index contributed by atoms with van der Waals surface area (Å²) in [7, 11) is -2.64. The van der Waals surface area contributed by atoms with Crippen LogP contribution in [0, 0.1) is 6.92 Å². The third-order valence-corrected chi connectivity index (χ3v) is 5.42. The van der Waals surface area contributed by atoms with Crippen molar-refractivity contribution in [1.82, 2.24) is 0 Å². The van der Waals surface area contributed by atoms with Crippen LogP contribution in [0.2, 0.25) is 5.02 Å².